The van der Waals surface area contributed by atoms with Gasteiger partial charge in [-0.15, -0.1) is 0 Å². The summed E-state index contributed by atoms with van der Waals surface area (Å²) in [5.74, 6) is -4.54. The van der Waals surface area contributed by atoms with Crippen molar-refractivity contribution in [3.05, 3.63) is 73.7 Å². The molecule has 0 aliphatic carbocycles. The molecule has 2 rings (SSSR count). The van der Waals surface area contributed by atoms with Crippen LogP contribution in [0.1, 0.15) is 46.3 Å². The first-order chi connectivity index (χ1) is 17.6. The SMILES string of the molecule is C[C@H](CSCCC#N)NC(=O)c1ccc(/C(F)=C/C(c2cc(Cl)c(Cl)c(Cl)c2)C(F)(F)F)cc1C(F)(F)F. The van der Waals surface area contributed by atoms with Crippen LogP contribution in [0.4, 0.5) is 30.7 Å². The van der Waals surface area contributed by atoms with Crippen LogP contribution in [-0.2, 0) is 6.18 Å². The third-order valence-electron chi connectivity index (χ3n) is 4.98. The molecule has 38 heavy (non-hydrogen) atoms. The van der Waals surface area contributed by atoms with Gasteiger partial charge in [0.1, 0.15) is 11.7 Å². The molecule has 1 unspecified atom stereocenters. The summed E-state index contributed by atoms with van der Waals surface area (Å²) in [7, 11) is 0. The predicted octanol–water partition coefficient (Wildman–Crippen LogP) is 9.09. The van der Waals surface area contributed by atoms with Gasteiger partial charge in [0, 0.05) is 29.5 Å². The van der Waals surface area contributed by atoms with Crippen LogP contribution < -0.4 is 5.32 Å². The molecule has 0 aliphatic rings. The Bertz CT molecular complexity index is 1220. The largest absolute Gasteiger partial charge is 0.417 e. The lowest BCUT2D eigenvalue weighted by molar-refractivity contribution is -0.140. The van der Waals surface area contributed by atoms with Gasteiger partial charge >= 0.3 is 12.4 Å². The fourth-order valence-corrected chi connectivity index (χ4v) is 4.68. The number of alkyl halides is 6. The Labute approximate surface area is 232 Å². The third-order valence-corrected chi connectivity index (χ3v) is 7.41. The minimum absolute atomic E-state index is 0.0890. The zero-order valence-electron chi connectivity index (χ0n) is 19.3. The second-order valence-corrected chi connectivity index (χ2v) is 10.3. The van der Waals surface area contributed by atoms with Crippen molar-refractivity contribution < 1.29 is 35.5 Å². The number of benzene rings is 2. The number of carbonyl (C=O) groups excluding carboxylic acids is 1. The Morgan fingerprint density at radius 3 is 2.24 bits per heavy atom. The highest BCUT2D eigenvalue weighted by molar-refractivity contribution is 7.99. The van der Waals surface area contributed by atoms with Crippen LogP contribution in [0.15, 0.2) is 36.4 Å². The van der Waals surface area contributed by atoms with Gasteiger partial charge in [0.2, 0.25) is 0 Å². The van der Waals surface area contributed by atoms with Crippen molar-refractivity contribution in [2.24, 2.45) is 0 Å². The molecule has 0 bridgehead atoms. The lowest BCUT2D eigenvalue weighted by Crippen LogP contribution is -2.35. The van der Waals surface area contributed by atoms with Gasteiger partial charge in [0.25, 0.3) is 5.91 Å². The van der Waals surface area contributed by atoms with Gasteiger partial charge in [-0.2, -0.15) is 43.4 Å². The van der Waals surface area contributed by atoms with Crippen molar-refractivity contribution in [1.29, 1.82) is 5.26 Å². The van der Waals surface area contributed by atoms with E-state index in [1.165, 1.54) is 11.8 Å². The van der Waals surface area contributed by atoms with Crippen molar-refractivity contribution >= 4 is 58.3 Å². The number of nitriles is 1. The molecule has 2 aromatic carbocycles. The highest BCUT2D eigenvalue weighted by atomic mass is 35.5. The van der Waals surface area contributed by atoms with Gasteiger partial charge in [-0.05, 0) is 42.8 Å². The summed E-state index contributed by atoms with van der Waals surface area (Å²) in [4.78, 5) is 12.5. The number of carbonyl (C=O) groups is 1. The standard InChI is InChI=1S/C24H18Cl3F7N2OS/c1-12(11-38-6-2-5-35)36-22(37)15-4-3-13(7-17(15)24(32,33)34)20(28)10-16(23(29,30)31)14-8-18(25)21(27)19(26)9-14/h3-4,7-10,12,16H,2,6,11H2,1H3,(H,36,37)/b20-10-/t12-,16?/m1/s1. The van der Waals surface area contributed by atoms with Crippen molar-refractivity contribution in [2.75, 3.05) is 11.5 Å². The summed E-state index contributed by atoms with van der Waals surface area (Å²) < 4.78 is 97.5. The molecule has 206 valence electrons. The second-order valence-electron chi connectivity index (χ2n) is 7.95. The molecule has 0 saturated heterocycles. The lowest BCUT2D eigenvalue weighted by atomic mass is 9.95. The third kappa shape index (κ3) is 8.70. The molecule has 2 aromatic rings. The molecule has 0 radical (unpaired) electrons. The van der Waals surface area contributed by atoms with Crippen LogP contribution in [0.2, 0.25) is 15.1 Å². The molecule has 0 heterocycles. The summed E-state index contributed by atoms with van der Waals surface area (Å²) in [5.41, 5.74) is -3.76. The van der Waals surface area contributed by atoms with Crippen LogP contribution in [0.3, 0.4) is 0 Å². The number of rotatable bonds is 9. The maximum atomic E-state index is 15.0. The van der Waals surface area contributed by atoms with E-state index in [9.17, 15) is 35.5 Å². The molecule has 0 aliphatic heterocycles. The molecule has 0 fully saturated rings. The fourth-order valence-electron chi connectivity index (χ4n) is 3.22. The minimum atomic E-state index is -5.12. The average molecular weight is 622 g/mol. The number of halogens is 10. The highest BCUT2D eigenvalue weighted by Gasteiger charge is 2.41. The Kier molecular flexibility index (Phi) is 11.2. The van der Waals surface area contributed by atoms with Gasteiger partial charge in [0.15, 0.2) is 0 Å². The second kappa shape index (κ2) is 13.3. The van der Waals surface area contributed by atoms with Gasteiger partial charge in [-0.1, -0.05) is 40.9 Å². The maximum absolute atomic E-state index is 15.0. The Balaban J connectivity index is 2.43. The van der Waals surface area contributed by atoms with Gasteiger partial charge in [0.05, 0.1) is 32.3 Å². The first-order valence-corrected chi connectivity index (χ1v) is 12.9. The fraction of sp³-hybridized carbons (Fsp3) is 0.333. The number of allylic oxidation sites excluding steroid dienone is 1. The topological polar surface area (TPSA) is 52.9 Å². The van der Waals surface area contributed by atoms with E-state index < -0.39 is 58.3 Å². The molecule has 14 heteroatoms. The quantitative estimate of drug-likeness (QED) is 0.173. The summed E-state index contributed by atoms with van der Waals surface area (Å²) >= 11 is 18.6. The minimum Gasteiger partial charge on any atom is -0.349 e. The molecule has 3 nitrogen and oxygen atoms in total. The summed E-state index contributed by atoms with van der Waals surface area (Å²) in [5, 5.41) is 10.0. The Hall–Kier alpha value is -2.13. The number of nitrogens with zero attached hydrogens (tertiary/aromatic N) is 1. The normalized spacial score (nSPS) is 14.1. The first kappa shape index (κ1) is 32.1. The number of thioether (sulfide) groups is 1. The zero-order chi connectivity index (χ0) is 28.8. The number of hydrogen-bond acceptors (Lipinski definition) is 3. The Morgan fingerprint density at radius 1 is 1.11 bits per heavy atom. The average Bonchev–Trinajstić information content (AvgIpc) is 2.81. The predicted molar refractivity (Wildman–Crippen MR) is 135 cm³/mol. The van der Waals surface area contributed by atoms with Gasteiger partial charge < -0.3 is 5.32 Å². The van der Waals surface area contributed by atoms with Crippen LogP contribution in [0.5, 0.6) is 0 Å². The highest BCUT2D eigenvalue weighted by Crippen LogP contribution is 2.42. The number of amides is 1. The zero-order valence-corrected chi connectivity index (χ0v) is 22.4. The maximum Gasteiger partial charge on any atom is 0.417 e. The van der Waals surface area contributed by atoms with E-state index in [4.69, 9.17) is 40.1 Å². The van der Waals surface area contributed by atoms with E-state index in [-0.39, 0.29) is 33.6 Å². The smallest absolute Gasteiger partial charge is 0.349 e. The monoisotopic (exact) mass is 620 g/mol. The van der Waals surface area contributed by atoms with E-state index in [0.717, 1.165) is 18.2 Å². The van der Waals surface area contributed by atoms with Crippen molar-refractivity contribution in [3.8, 4) is 6.07 Å². The van der Waals surface area contributed by atoms with Crippen LogP contribution in [-0.4, -0.2) is 29.6 Å². The van der Waals surface area contributed by atoms with E-state index in [1.54, 1.807) is 6.92 Å². The molecule has 1 N–H and O–H groups in total. The van der Waals surface area contributed by atoms with Gasteiger partial charge in [-0.3, -0.25) is 4.79 Å². The van der Waals surface area contributed by atoms with E-state index in [1.807, 2.05) is 6.07 Å². The lowest BCUT2D eigenvalue weighted by Gasteiger charge is -2.19. The molecule has 0 saturated carbocycles. The van der Waals surface area contributed by atoms with Crippen molar-refractivity contribution in [3.63, 3.8) is 0 Å². The van der Waals surface area contributed by atoms with E-state index >= 15 is 0 Å². The van der Waals surface area contributed by atoms with E-state index in [0.29, 0.717) is 17.6 Å². The molecule has 1 amide bonds. The van der Waals surface area contributed by atoms with E-state index in [2.05, 4.69) is 5.32 Å². The molecule has 0 aromatic heterocycles. The van der Waals surface area contributed by atoms with Crippen LogP contribution in [0.25, 0.3) is 5.83 Å². The molecule has 2 atom stereocenters. The summed E-state index contributed by atoms with van der Waals surface area (Å²) in [6.07, 6.45) is -9.83. The molecular weight excluding hydrogens is 604 g/mol. The summed E-state index contributed by atoms with van der Waals surface area (Å²) in [6.45, 7) is 1.55. The van der Waals surface area contributed by atoms with Crippen LogP contribution in [0, 0.1) is 11.3 Å². The van der Waals surface area contributed by atoms with Crippen molar-refractivity contribution in [1.82, 2.24) is 5.32 Å². The summed E-state index contributed by atoms with van der Waals surface area (Å²) in [6, 6.07) is 4.76. The molecule has 0 spiro atoms. The Morgan fingerprint density at radius 2 is 1.71 bits per heavy atom. The number of hydrogen-bond donors (Lipinski definition) is 1. The first-order valence-electron chi connectivity index (χ1n) is 10.6. The van der Waals surface area contributed by atoms with Crippen molar-refractivity contribution in [2.45, 2.75) is 37.7 Å². The van der Waals surface area contributed by atoms with Gasteiger partial charge in [-0.25, -0.2) is 4.39 Å². The van der Waals surface area contributed by atoms with Crippen LogP contribution >= 0.6 is 46.6 Å². The molecular formula is C24H18Cl3F7N2OS. The number of nitrogens with one attached hydrogen (secondary N) is 1.